The van der Waals surface area contributed by atoms with Crippen molar-refractivity contribution < 1.29 is 13.2 Å². The van der Waals surface area contributed by atoms with Crippen molar-refractivity contribution >= 4 is 10.0 Å². The molecule has 1 aliphatic rings. The van der Waals surface area contributed by atoms with Crippen molar-refractivity contribution in [3.63, 3.8) is 0 Å². The van der Waals surface area contributed by atoms with E-state index < -0.39 is 10.0 Å². The average Bonchev–Trinajstić information content (AvgIpc) is 2.62. The number of ether oxygens (including phenoxy) is 1. The molecule has 0 spiro atoms. The lowest BCUT2D eigenvalue weighted by molar-refractivity contribution is -0.0232. The highest BCUT2D eigenvalue weighted by Crippen LogP contribution is 2.26. The summed E-state index contributed by atoms with van der Waals surface area (Å²) in [6.45, 7) is 8.00. The summed E-state index contributed by atoms with van der Waals surface area (Å²) in [6, 6.07) is -0.169. The van der Waals surface area contributed by atoms with Crippen molar-refractivity contribution in [3.8, 4) is 0 Å². The van der Waals surface area contributed by atoms with Crippen LogP contribution in [0, 0.1) is 13.8 Å². The Morgan fingerprint density at radius 3 is 2.61 bits per heavy atom. The molecule has 18 heavy (non-hydrogen) atoms. The van der Waals surface area contributed by atoms with E-state index in [-0.39, 0.29) is 12.1 Å². The number of nitrogens with one attached hydrogen (secondary N) is 1. The van der Waals surface area contributed by atoms with Gasteiger partial charge in [0.2, 0.25) is 10.0 Å². The summed E-state index contributed by atoms with van der Waals surface area (Å²) in [5.74, 6) is 0. The largest absolute Gasteiger partial charge is 0.375 e. The number of aryl methyl sites for hydroxylation is 2. The van der Waals surface area contributed by atoms with Crippen LogP contribution in [0.25, 0.3) is 0 Å². The van der Waals surface area contributed by atoms with Gasteiger partial charge in [0, 0.05) is 12.6 Å². The highest BCUT2D eigenvalue weighted by molar-refractivity contribution is 7.89. The van der Waals surface area contributed by atoms with Gasteiger partial charge < -0.3 is 4.74 Å². The van der Waals surface area contributed by atoms with E-state index in [0.29, 0.717) is 29.4 Å². The lowest BCUT2D eigenvalue weighted by Gasteiger charge is -2.36. The standard InChI is InChI=1S/C11H19N3O3S/c1-7-11(8(2)13-12-7)18(15,16)14-5-6-17-10(4)9(14)3/h9-10H,5-6H2,1-4H3,(H,12,13). The third-order valence-corrected chi connectivity index (χ3v) is 5.70. The van der Waals surface area contributed by atoms with Gasteiger partial charge in [-0.25, -0.2) is 8.42 Å². The van der Waals surface area contributed by atoms with E-state index in [1.165, 1.54) is 4.31 Å². The second-order valence-corrected chi connectivity index (χ2v) is 6.52. The molecule has 6 nitrogen and oxygen atoms in total. The van der Waals surface area contributed by atoms with Crippen LogP contribution in [0.2, 0.25) is 0 Å². The molecule has 1 aromatic rings. The molecule has 0 radical (unpaired) electrons. The second kappa shape index (κ2) is 4.64. The van der Waals surface area contributed by atoms with E-state index in [4.69, 9.17) is 4.74 Å². The van der Waals surface area contributed by atoms with Crippen LogP contribution in [0.15, 0.2) is 4.90 Å². The summed E-state index contributed by atoms with van der Waals surface area (Å²) in [7, 11) is -3.50. The predicted octanol–water partition coefficient (Wildman–Crippen LogP) is 0.824. The fourth-order valence-corrected chi connectivity index (χ4v) is 4.29. The Kier molecular flexibility index (Phi) is 3.48. The number of hydrogen-bond acceptors (Lipinski definition) is 4. The van der Waals surface area contributed by atoms with Gasteiger partial charge in [-0.15, -0.1) is 0 Å². The Morgan fingerprint density at radius 1 is 1.39 bits per heavy atom. The maximum Gasteiger partial charge on any atom is 0.247 e. The van der Waals surface area contributed by atoms with Crippen LogP contribution < -0.4 is 0 Å². The SMILES string of the molecule is Cc1n[nH]c(C)c1S(=O)(=O)N1CCOC(C)C1C. The Morgan fingerprint density at radius 2 is 2.06 bits per heavy atom. The van der Waals surface area contributed by atoms with Crippen LogP contribution in [0.3, 0.4) is 0 Å². The smallest absolute Gasteiger partial charge is 0.247 e. The van der Waals surface area contributed by atoms with E-state index in [9.17, 15) is 8.42 Å². The molecule has 0 aromatic carbocycles. The predicted molar refractivity (Wildman–Crippen MR) is 66.8 cm³/mol. The fraction of sp³-hybridized carbons (Fsp3) is 0.727. The summed E-state index contributed by atoms with van der Waals surface area (Å²) in [5.41, 5.74) is 1.10. The number of nitrogens with zero attached hydrogens (tertiary/aromatic N) is 2. The molecule has 1 N–H and O–H groups in total. The molecule has 2 heterocycles. The summed E-state index contributed by atoms with van der Waals surface area (Å²) in [5, 5.41) is 6.68. The highest BCUT2D eigenvalue weighted by Gasteiger charge is 2.37. The Hall–Kier alpha value is -0.920. The van der Waals surface area contributed by atoms with Gasteiger partial charge in [0.25, 0.3) is 0 Å². The molecule has 0 saturated carbocycles. The molecule has 1 fully saturated rings. The number of hydrogen-bond donors (Lipinski definition) is 1. The Balaban J connectivity index is 2.43. The second-order valence-electron chi connectivity index (χ2n) is 4.70. The molecule has 2 rings (SSSR count). The topological polar surface area (TPSA) is 75.3 Å². The van der Waals surface area contributed by atoms with Crippen LogP contribution in [-0.2, 0) is 14.8 Å². The van der Waals surface area contributed by atoms with Gasteiger partial charge >= 0.3 is 0 Å². The molecular formula is C11H19N3O3S. The molecule has 0 bridgehead atoms. The lowest BCUT2D eigenvalue weighted by atomic mass is 10.2. The highest BCUT2D eigenvalue weighted by atomic mass is 32.2. The Labute approximate surface area is 107 Å². The van der Waals surface area contributed by atoms with Gasteiger partial charge in [-0.1, -0.05) is 0 Å². The molecule has 102 valence electrons. The van der Waals surface area contributed by atoms with Crippen LogP contribution >= 0.6 is 0 Å². The minimum atomic E-state index is -3.50. The van der Waals surface area contributed by atoms with Crippen molar-refractivity contribution in [1.29, 1.82) is 0 Å². The zero-order chi connectivity index (χ0) is 13.5. The third kappa shape index (κ3) is 2.06. The molecule has 2 atom stereocenters. The summed E-state index contributed by atoms with van der Waals surface area (Å²) < 4.78 is 32.3. The zero-order valence-corrected chi connectivity index (χ0v) is 11.9. The van der Waals surface area contributed by atoms with Gasteiger partial charge in [0.15, 0.2) is 0 Å². The van der Waals surface area contributed by atoms with Gasteiger partial charge in [-0.2, -0.15) is 9.40 Å². The molecule has 1 aliphatic heterocycles. The molecular weight excluding hydrogens is 254 g/mol. The van der Waals surface area contributed by atoms with Crippen molar-refractivity contribution in [2.75, 3.05) is 13.2 Å². The minimum absolute atomic E-state index is 0.0963. The van der Waals surface area contributed by atoms with Crippen LogP contribution in [0.1, 0.15) is 25.2 Å². The first kappa shape index (κ1) is 13.5. The van der Waals surface area contributed by atoms with E-state index >= 15 is 0 Å². The van der Waals surface area contributed by atoms with Crippen molar-refractivity contribution in [3.05, 3.63) is 11.4 Å². The lowest BCUT2D eigenvalue weighted by Crippen LogP contribution is -2.51. The number of aromatic amines is 1. The summed E-state index contributed by atoms with van der Waals surface area (Å²) >= 11 is 0. The van der Waals surface area contributed by atoms with Crippen LogP contribution in [0.4, 0.5) is 0 Å². The van der Waals surface area contributed by atoms with Gasteiger partial charge in [-0.3, -0.25) is 5.10 Å². The van der Waals surface area contributed by atoms with Crippen LogP contribution in [-0.4, -0.2) is 48.2 Å². The van der Waals surface area contributed by atoms with E-state index in [1.54, 1.807) is 13.8 Å². The third-order valence-electron chi connectivity index (χ3n) is 3.45. The average molecular weight is 273 g/mol. The number of morpholine rings is 1. The number of rotatable bonds is 2. The zero-order valence-electron chi connectivity index (χ0n) is 11.1. The van der Waals surface area contributed by atoms with E-state index in [2.05, 4.69) is 10.2 Å². The van der Waals surface area contributed by atoms with Gasteiger partial charge in [0.1, 0.15) is 4.90 Å². The monoisotopic (exact) mass is 273 g/mol. The number of sulfonamides is 1. The first-order valence-electron chi connectivity index (χ1n) is 6.00. The van der Waals surface area contributed by atoms with Crippen LogP contribution in [0.5, 0.6) is 0 Å². The maximum atomic E-state index is 12.7. The molecule has 2 unspecified atom stereocenters. The van der Waals surface area contributed by atoms with Gasteiger partial charge in [-0.05, 0) is 27.7 Å². The van der Waals surface area contributed by atoms with Crippen molar-refractivity contribution in [2.24, 2.45) is 0 Å². The molecule has 7 heteroatoms. The molecule has 0 aliphatic carbocycles. The number of H-pyrrole nitrogens is 1. The normalized spacial score (nSPS) is 26.4. The van der Waals surface area contributed by atoms with Gasteiger partial charge in [0.05, 0.1) is 24.1 Å². The van der Waals surface area contributed by atoms with E-state index in [1.807, 2.05) is 13.8 Å². The molecule has 0 amide bonds. The summed E-state index contributed by atoms with van der Waals surface area (Å²) in [6.07, 6.45) is -0.0963. The molecule has 1 aromatic heterocycles. The Bertz CT molecular complexity index is 518. The van der Waals surface area contributed by atoms with Crippen molar-refractivity contribution in [1.82, 2.24) is 14.5 Å². The number of aromatic nitrogens is 2. The first-order chi connectivity index (χ1) is 8.35. The minimum Gasteiger partial charge on any atom is -0.375 e. The quantitative estimate of drug-likeness (QED) is 0.866. The van der Waals surface area contributed by atoms with E-state index in [0.717, 1.165) is 0 Å². The molecule has 1 saturated heterocycles. The van der Waals surface area contributed by atoms with Crippen molar-refractivity contribution in [2.45, 2.75) is 44.7 Å². The fourth-order valence-electron chi connectivity index (χ4n) is 2.28. The maximum absolute atomic E-state index is 12.7. The first-order valence-corrected chi connectivity index (χ1v) is 7.44. The summed E-state index contributed by atoms with van der Waals surface area (Å²) in [4.78, 5) is 0.295.